The molecule has 2 heterocycles. The van der Waals surface area contributed by atoms with Crippen LogP contribution in [0.15, 0.2) is 39.9 Å². The summed E-state index contributed by atoms with van der Waals surface area (Å²) < 4.78 is 20.5. The van der Waals surface area contributed by atoms with E-state index in [0.717, 1.165) is 49.7 Å². The number of fused-ring (bicyclic) bond motifs is 1. The zero-order valence-electron chi connectivity index (χ0n) is 26.2. The van der Waals surface area contributed by atoms with E-state index in [9.17, 15) is 14.4 Å². The molecule has 0 aliphatic heterocycles. The van der Waals surface area contributed by atoms with Crippen molar-refractivity contribution in [1.29, 1.82) is 0 Å². The first-order valence-electron chi connectivity index (χ1n) is 16.2. The van der Waals surface area contributed by atoms with Crippen molar-refractivity contribution in [3.05, 3.63) is 56.7 Å². The Labute approximate surface area is 258 Å². The van der Waals surface area contributed by atoms with Crippen LogP contribution >= 0.6 is 0 Å². The number of esters is 1. The van der Waals surface area contributed by atoms with Crippen LogP contribution in [-0.2, 0) is 39.1 Å². The van der Waals surface area contributed by atoms with Gasteiger partial charge in [-0.3, -0.25) is 13.9 Å². The van der Waals surface area contributed by atoms with Crippen LogP contribution in [0.5, 0.6) is 0 Å². The molecule has 2 aliphatic rings. The summed E-state index contributed by atoms with van der Waals surface area (Å²) in [6, 6.07) is 7.62. The molecule has 5 rings (SSSR count). The molecule has 0 bridgehead atoms. The third kappa shape index (κ3) is 7.77. The van der Waals surface area contributed by atoms with Gasteiger partial charge in [-0.15, -0.1) is 0 Å². The zero-order chi connectivity index (χ0) is 30.9. The summed E-state index contributed by atoms with van der Waals surface area (Å²) in [5.74, 6) is 0.958. The third-order valence-corrected chi connectivity index (χ3v) is 9.06. The second-order valence-corrected chi connectivity index (χ2v) is 12.2. The first-order chi connectivity index (χ1) is 21.5. The number of benzene rings is 1. The lowest BCUT2D eigenvalue weighted by Gasteiger charge is -2.24. The van der Waals surface area contributed by atoms with Crippen LogP contribution in [-0.4, -0.2) is 58.2 Å². The molecule has 0 amide bonds. The predicted molar refractivity (Wildman–Crippen MR) is 171 cm³/mol. The van der Waals surface area contributed by atoms with Crippen LogP contribution in [0.4, 0.5) is 0 Å². The highest BCUT2D eigenvalue weighted by atomic mass is 16.6. The summed E-state index contributed by atoms with van der Waals surface area (Å²) in [6.45, 7) is 2.51. The number of aryl methyl sites for hydroxylation is 1. The van der Waals surface area contributed by atoms with Gasteiger partial charge in [0.1, 0.15) is 12.4 Å². The monoisotopic (exact) mass is 606 g/mol. The molecule has 2 saturated carbocycles. The van der Waals surface area contributed by atoms with Crippen LogP contribution in [0, 0.1) is 11.8 Å². The molecule has 238 valence electrons. The van der Waals surface area contributed by atoms with Gasteiger partial charge in [-0.2, -0.15) is 0 Å². The van der Waals surface area contributed by atoms with Crippen LogP contribution in [0.2, 0.25) is 0 Å². The van der Waals surface area contributed by atoms with Crippen molar-refractivity contribution in [2.75, 3.05) is 33.5 Å². The van der Waals surface area contributed by atoms with Crippen LogP contribution in [0.1, 0.15) is 69.8 Å². The Balaban J connectivity index is 1.39. The van der Waals surface area contributed by atoms with Crippen molar-refractivity contribution in [3.63, 3.8) is 0 Å². The van der Waals surface area contributed by atoms with Gasteiger partial charge in [-0.1, -0.05) is 62.8 Å². The number of nitrogens with zero attached hydrogens (tertiary/aromatic N) is 4. The number of rotatable bonds is 13. The zero-order valence-corrected chi connectivity index (χ0v) is 26.2. The lowest BCUT2D eigenvalue weighted by Crippen LogP contribution is -2.43. The van der Waals surface area contributed by atoms with Crippen molar-refractivity contribution in [1.82, 2.24) is 18.7 Å². The number of ether oxygens (including phenoxy) is 3. The van der Waals surface area contributed by atoms with Gasteiger partial charge in [0.2, 0.25) is 0 Å². The first kappa shape index (κ1) is 31.9. The summed E-state index contributed by atoms with van der Waals surface area (Å²) >= 11 is 0. The van der Waals surface area contributed by atoms with Gasteiger partial charge in [-0.05, 0) is 49.2 Å². The average Bonchev–Trinajstić information content (AvgIpc) is 3.40. The maximum absolute atomic E-state index is 13.9. The Morgan fingerprint density at radius 1 is 0.864 bits per heavy atom. The molecule has 1 aromatic carbocycles. The fraction of sp³-hybridized carbons (Fsp3) is 0.588. The number of methoxy groups -OCH3 is 1. The maximum atomic E-state index is 13.9. The Morgan fingerprint density at radius 3 is 2.11 bits per heavy atom. The number of aromatic nitrogens is 4. The number of hydrogen-bond donors (Lipinski definition) is 0. The van der Waals surface area contributed by atoms with E-state index in [1.807, 2.05) is 35.9 Å². The Kier molecular flexibility index (Phi) is 11.2. The van der Waals surface area contributed by atoms with E-state index < -0.39 is 5.97 Å². The predicted octanol–water partition coefficient (Wildman–Crippen LogP) is 4.94. The fourth-order valence-corrected chi connectivity index (χ4v) is 6.60. The van der Waals surface area contributed by atoms with E-state index >= 15 is 0 Å². The van der Waals surface area contributed by atoms with Gasteiger partial charge < -0.3 is 18.8 Å². The van der Waals surface area contributed by atoms with Crippen LogP contribution in [0.3, 0.4) is 0 Å². The highest BCUT2D eigenvalue weighted by Crippen LogP contribution is 2.28. The smallest absolute Gasteiger partial charge is 0.332 e. The van der Waals surface area contributed by atoms with Crippen molar-refractivity contribution in [2.24, 2.45) is 18.9 Å². The van der Waals surface area contributed by atoms with Gasteiger partial charge in [0, 0.05) is 38.9 Å². The molecule has 10 nitrogen and oxygen atoms in total. The molecule has 2 aromatic heterocycles. The second-order valence-electron chi connectivity index (χ2n) is 12.2. The summed E-state index contributed by atoms with van der Waals surface area (Å²) in [5, 5.41) is 0. The maximum Gasteiger partial charge on any atom is 0.332 e. The van der Waals surface area contributed by atoms with E-state index in [1.54, 1.807) is 17.8 Å². The number of carbonyl (C=O) groups is 1. The van der Waals surface area contributed by atoms with E-state index in [-0.39, 0.29) is 17.9 Å². The molecule has 2 aliphatic carbocycles. The van der Waals surface area contributed by atoms with E-state index in [2.05, 4.69) is 0 Å². The molecule has 10 heteroatoms. The molecule has 0 atom stereocenters. The second kappa shape index (κ2) is 15.5. The SMILES string of the molecule is COCCOCCOC(=O)/C=C/c1ccc(-c2nc3c(c(=O)n(CC4CCCCC4)c(=O)n3CC3CCCCC3)n2C)cc1. The van der Waals surface area contributed by atoms with E-state index in [4.69, 9.17) is 19.2 Å². The molecule has 44 heavy (non-hydrogen) atoms. The summed E-state index contributed by atoms with van der Waals surface area (Å²) in [5.41, 5.74) is 2.12. The van der Waals surface area contributed by atoms with Gasteiger partial charge in [0.05, 0.1) is 19.8 Å². The Hall–Kier alpha value is -3.50. The fourth-order valence-electron chi connectivity index (χ4n) is 6.60. The Bertz CT molecular complexity index is 1540. The largest absolute Gasteiger partial charge is 0.460 e. The molecular formula is C34H46N4O6. The first-order valence-corrected chi connectivity index (χ1v) is 16.2. The van der Waals surface area contributed by atoms with Gasteiger partial charge in [0.25, 0.3) is 5.56 Å². The molecule has 3 aromatic rings. The van der Waals surface area contributed by atoms with Crippen molar-refractivity contribution in [2.45, 2.75) is 77.3 Å². The van der Waals surface area contributed by atoms with Gasteiger partial charge >= 0.3 is 11.7 Å². The van der Waals surface area contributed by atoms with E-state index in [1.165, 1.54) is 36.3 Å². The average molecular weight is 607 g/mol. The number of imidazole rings is 1. The van der Waals surface area contributed by atoms with Crippen molar-refractivity contribution < 1.29 is 19.0 Å². The summed E-state index contributed by atoms with van der Waals surface area (Å²) in [4.78, 5) is 44.8. The summed E-state index contributed by atoms with van der Waals surface area (Å²) in [7, 11) is 3.46. The third-order valence-electron chi connectivity index (χ3n) is 9.06. The molecule has 0 radical (unpaired) electrons. The Morgan fingerprint density at radius 2 is 1.48 bits per heavy atom. The molecule has 0 N–H and O–H groups in total. The molecule has 2 fully saturated rings. The van der Waals surface area contributed by atoms with Crippen LogP contribution < -0.4 is 11.2 Å². The number of hydrogen-bond acceptors (Lipinski definition) is 7. The molecule has 0 saturated heterocycles. The summed E-state index contributed by atoms with van der Waals surface area (Å²) in [6.07, 6.45) is 14.5. The highest BCUT2D eigenvalue weighted by molar-refractivity contribution is 5.87. The molecular weight excluding hydrogens is 560 g/mol. The number of carbonyl (C=O) groups excluding carboxylic acids is 1. The minimum atomic E-state index is -0.444. The quantitative estimate of drug-likeness (QED) is 0.154. The minimum Gasteiger partial charge on any atom is -0.460 e. The topological polar surface area (TPSA) is 107 Å². The van der Waals surface area contributed by atoms with Crippen molar-refractivity contribution >= 4 is 23.2 Å². The molecule has 0 spiro atoms. The minimum absolute atomic E-state index is 0.173. The standard InChI is InChI=1S/C34H46N4O6/c1-36-30-32(35-31(36)28-16-13-25(14-17-28)15-18-29(39)44-22-21-43-20-19-42-2)37(23-26-9-5-3-6-10-26)34(41)38(33(30)40)24-27-11-7-4-8-12-27/h13-18,26-27H,3-12,19-24H2,1-2H3/b18-15+. The van der Waals surface area contributed by atoms with Gasteiger partial charge in [0.15, 0.2) is 11.2 Å². The lowest BCUT2D eigenvalue weighted by molar-refractivity contribution is -0.139. The lowest BCUT2D eigenvalue weighted by atomic mass is 9.89. The van der Waals surface area contributed by atoms with Crippen LogP contribution in [0.25, 0.3) is 28.6 Å². The van der Waals surface area contributed by atoms with E-state index in [0.29, 0.717) is 61.7 Å². The molecule has 0 unspecified atom stereocenters. The highest BCUT2D eigenvalue weighted by Gasteiger charge is 2.25. The van der Waals surface area contributed by atoms with Crippen molar-refractivity contribution in [3.8, 4) is 11.4 Å². The van der Waals surface area contributed by atoms with Gasteiger partial charge in [-0.25, -0.2) is 14.6 Å². The normalized spacial score (nSPS) is 16.7.